The molecular formula is C19H22N2O4S. The number of carbonyl (C=O) groups excluding carboxylic acids is 2. The molecule has 0 bridgehead atoms. The number of carbonyl (C=O) groups is 2. The Morgan fingerprint density at radius 2 is 1.69 bits per heavy atom. The van der Waals surface area contributed by atoms with E-state index in [9.17, 15) is 18.0 Å². The van der Waals surface area contributed by atoms with Crippen LogP contribution in [0.4, 0.5) is 11.4 Å². The molecule has 0 saturated carbocycles. The monoisotopic (exact) mass is 374 g/mol. The van der Waals surface area contributed by atoms with Gasteiger partial charge >= 0.3 is 0 Å². The smallest absolute Gasteiger partial charge is 0.233 e. The van der Waals surface area contributed by atoms with E-state index >= 15 is 0 Å². The first-order chi connectivity index (χ1) is 12.2. The lowest BCUT2D eigenvalue weighted by atomic mass is 10.1. The van der Waals surface area contributed by atoms with Crippen molar-refractivity contribution >= 4 is 33.1 Å². The molecule has 0 aromatic heterocycles. The molecule has 0 spiro atoms. The first kappa shape index (κ1) is 19.7. The number of sulfonamides is 1. The zero-order chi connectivity index (χ0) is 19.3. The van der Waals surface area contributed by atoms with Crippen molar-refractivity contribution in [3.63, 3.8) is 0 Å². The number of hydrogen-bond donors (Lipinski definition) is 2. The van der Waals surface area contributed by atoms with Crippen LogP contribution in [0, 0.1) is 12.8 Å². The molecule has 6 nitrogen and oxygen atoms in total. The van der Waals surface area contributed by atoms with Crippen molar-refractivity contribution in [3.05, 3.63) is 59.7 Å². The van der Waals surface area contributed by atoms with E-state index in [1.807, 2.05) is 6.92 Å². The molecule has 7 heteroatoms. The molecular weight excluding hydrogens is 352 g/mol. The normalized spacial score (nSPS) is 12.3. The van der Waals surface area contributed by atoms with E-state index in [2.05, 4.69) is 10.0 Å². The molecule has 0 aliphatic carbocycles. The van der Waals surface area contributed by atoms with Gasteiger partial charge in [0.1, 0.15) is 0 Å². The van der Waals surface area contributed by atoms with Gasteiger partial charge in [0, 0.05) is 16.9 Å². The second-order valence-electron chi connectivity index (χ2n) is 6.28. The van der Waals surface area contributed by atoms with Crippen LogP contribution >= 0.6 is 0 Å². The van der Waals surface area contributed by atoms with Crippen LogP contribution in [-0.4, -0.2) is 25.9 Å². The van der Waals surface area contributed by atoms with E-state index < -0.39 is 21.8 Å². The predicted molar refractivity (Wildman–Crippen MR) is 103 cm³/mol. The maximum absolute atomic E-state index is 12.3. The van der Waals surface area contributed by atoms with Crippen molar-refractivity contribution in [2.45, 2.75) is 20.8 Å². The zero-order valence-corrected chi connectivity index (χ0v) is 15.8. The Labute approximate surface area is 153 Å². The van der Waals surface area contributed by atoms with Crippen LogP contribution < -0.4 is 10.0 Å². The van der Waals surface area contributed by atoms with Crippen molar-refractivity contribution in [3.8, 4) is 0 Å². The highest BCUT2D eigenvalue weighted by Gasteiger charge is 2.22. The molecule has 0 fully saturated rings. The summed E-state index contributed by atoms with van der Waals surface area (Å²) in [7, 11) is -3.67. The Hall–Kier alpha value is -2.67. The van der Waals surface area contributed by atoms with Crippen LogP contribution in [0.25, 0.3) is 0 Å². The van der Waals surface area contributed by atoms with Gasteiger partial charge in [-0.2, -0.15) is 0 Å². The summed E-state index contributed by atoms with van der Waals surface area (Å²) in [6.45, 7) is 4.89. The molecule has 1 unspecified atom stereocenters. The van der Waals surface area contributed by atoms with Gasteiger partial charge in [0.05, 0.1) is 11.7 Å². The van der Waals surface area contributed by atoms with Gasteiger partial charge in [-0.15, -0.1) is 0 Å². The van der Waals surface area contributed by atoms with Crippen LogP contribution in [-0.2, 0) is 14.8 Å². The van der Waals surface area contributed by atoms with E-state index in [0.717, 1.165) is 5.56 Å². The second kappa shape index (κ2) is 8.14. The van der Waals surface area contributed by atoms with Gasteiger partial charge in [0.15, 0.2) is 5.78 Å². The fourth-order valence-electron chi connectivity index (χ4n) is 2.33. The highest BCUT2D eigenvalue weighted by atomic mass is 32.2. The molecule has 0 radical (unpaired) electrons. The van der Waals surface area contributed by atoms with Crippen LogP contribution in [0.1, 0.15) is 29.8 Å². The topological polar surface area (TPSA) is 92.3 Å². The number of rotatable bonds is 7. The zero-order valence-electron chi connectivity index (χ0n) is 14.9. The molecule has 0 saturated heterocycles. The van der Waals surface area contributed by atoms with Crippen molar-refractivity contribution in [2.24, 2.45) is 5.92 Å². The lowest BCUT2D eigenvalue weighted by Crippen LogP contribution is -2.29. The maximum atomic E-state index is 12.3. The Bertz CT molecular complexity index is 905. The summed E-state index contributed by atoms with van der Waals surface area (Å²) >= 11 is 0. The highest BCUT2D eigenvalue weighted by molar-refractivity contribution is 7.92. The highest BCUT2D eigenvalue weighted by Crippen LogP contribution is 2.15. The van der Waals surface area contributed by atoms with E-state index in [4.69, 9.17) is 0 Å². The first-order valence-corrected chi connectivity index (χ1v) is 9.80. The molecule has 1 amide bonds. The largest absolute Gasteiger partial charge is 0.326 e. The summed E-state index contributed by atoms with van der Waals surface area (Å²) in [5, 5.41) is 2.65. The van der Waals surface area contributed by atoms with E-state index in [-0.39, 0.29) is 11.5 Å². The summed E-state index contributed by atoms with van der Waals surface area (Å²) < 4.78 is 27.0. The lowest BCUT2D eigenvalue weighted by Gasteiger charge is -2.14. The van der Waals surface area contributed by atoms with Crippen molar-refractivity contribution in [2.75, 3.05) is 15.8 Å². The van der Waals surface area contributed by atoms with Gasteiger partial charge in [-0.05, 0) is 38.1 Å². The molecule has 2 aromatic rings. The Balaban J connectivity index is 2.00. The number of nitrogens with one attached hydrogen (secondary N) is 2. The van der Waals surface area contributed by atoms with Crippen molar-refractivity contribution in [1.29, 1.82) is 0 Å². The summed E-state index contributed by atoms with van der Waals surface area (Å²) in [6.07, 6.45) is 0. The Morgan fingerprint density at radius 3 is 2.31 bits per heavy atom. The number of ketones is 1. The van der Waals surface area contributed by atoms with E-state index in [0.29, 0.717) is 16.9 Å². The van der Waals surface area contributed by atoms with Gasteiger partial charge in [-0.3, -0.25) is 14.3 Å². The summed E-state index contributed by atoms with van der Waals surface area (Å²) in [6, 6.07) is 13.5. The minimum atomic E-state index is -3.67. The average Bonchev–Trinajstić information content (AvgIpc) is 2.56. The maximum Gasteiger partial charge on any atom is 0.233 e. The van der Waals surface area contributed by atoms with Gasteiger partial charge in [-0.25, -0.2) is 8.42 Å². The van der Waals surface area contributed by atoms with Crippen LogP contribution in [0.3, 0.4) is 0 Å². The quantitative estimate of drug-likeness (QED) is 0.728. The predicted octanol–water partition coefficient (Wildman–Crippen LogP) is 3.21. The minimum Gasteiger partial charge on any atom is -0.326 e. The number of benzene rings is 2. The van der Waals surface area contributed by atoms with E-state index in [1.54, 1.807) is 55.5 Å². The summed E-state index contributed by atoms with van der Waals surface area (Å²) in [5.74, 6) is -1.66. The molecule has 2 aromatic carbocycles. The number of hydrogen-bond acceptors (Lipinski definition) is 4. The number of Topliss-reactive ketones (excluding diaryl/α,β-unsaturated/α-hetero) is 1. The van der Waals surface area contributed by atoms with Gasteiger partial charge in [0.25, 0.3) is 0 Å². The lowest BCUT2D eigenvalue weighted by molar-refractivity contribution is -0.118. The molecule has 0 heterocycles. The number of anilines is 2. The molecule has 2 N–H and O–H groups in total. The van der Waals surface area contributed by atoms with E-state index in [1.165, 1.54) is 6.92 Å². The molecule has 0 aliphatic heterocycles. The number of amides is 1. The average molecular weight is 374 g/mol. The second-order valence-corrected chi connectivity index (χ2v) is 8.04. The Morgan fingerprint density at radius 1 is 1.04 bits per heavy atom. The molecule has 1 atom stereocenters. The van der Waals surface area contributed by atoms with Crippen LogP contribution in [0.15, 0.2) is 48.5 Å². The van der Waals surface area contributed by atoms with Crippen molar-refractivity contribution in [1.82, 2.24) is 0 Å². The summed E-state index contributed by atoms with van der Waals surface area (Å²) in [4.78, 5) is 23.7. The SMILES string of the molecule is CC(=O)c1cccc(NC(=O)C(C)CS(=O)(=O)Nc2ccc(C)cc2)c1. The third-order valence-electron chi connectivity index (χ3n) is 3.78. The third kappa shape index (κ3) is 5.70. The number of aryl methyl sites for hydroxylation is 1. The van der Waals surface area contributed by atoms with Gasteiger partial charge in [-0.1, -0.05) is 36.8 Å². The third-order valence-corrected chi connectivity index (χ3v) is 5.26. The standard InChI is InChI=1S/C19H22N2O4S/c1-13-7-9-17(10-8-13)21-26(24,25)12-14(2)19(23)20-18-6-4-5-16(11-18)15(3)22/h4-11,14,21H,12H2,1-3H3,(H,20,23). The molecule has 2 rings (SSSR count). The van der Waals surface area contributed by atoms with Crippen molar-refractivity contribution < 1.29 is 18.0 Å². The van der Waals surface area contributed by atoms with Crippen LogP contribution in [0.2, 0.25) is 0 Å². The van der Waals surface area contributed by atoms with Crippen LogP contribution in [0.5, 0.6) is 0 Å². The molecule has 0 aliphatic rings. The Kier molecular flexibility index (Phi) is 6.15. The molecule has 138 valence electrons. The minimum absolute atomic E-state index is 0.112. The fraction of sp³-hybridized carbons (Fsp3) is 0.263. The summed E-state index contributed by atoms with van der Waals surface area (Å²) in [5.41, 5.74) is 2.41. The van der Waals surface area contributed by atoms with Gasteiger partial charge in [0.2, 0.25) is 15.9 Å². The fourth-order valence-corrected chi connectivity index (χ4v) is 3.72. The first-order valence-electron chi connectivity index (χ1n) is 8.15. The van der Waals surface area contributed by atoms with Gasteiger partial charge < -0.3 is 5.32 Å². The molecule has 26 heavy (non-hydrogen) atoms.